The van der Waals surface area contributed by atoms with E-state index in [9.17, 15) is 4.79 Å². The summed E-state index contributed by atoms with van der Waals surface area (Å²) in [7, 11) is 3.34. The molecule has 32 heavy (non-hydrogen) atoms. The minimum Gasteiger partial charge on any atom is -0.497 e. The van der Waals surface area contributed by atoms with Crippen LogP contribution < -0.4 is 30.6 Å². The lowest BCUT2D eigenvalue weighted by Gasteiger charge is -2.21. The van der Waals surface area contributed by atoms with E-state index in [1.54, 1.807) is 30.9 Å². The van der Waals surface area contributed by atoms with Crippen molar-refractivity contribution in [2.24, 2.45) is 4.99 Å². The van der Waals surface area contributed by atoms with Gasteiger partial charge in [-0.15, -0.1) is 0 Å². The first kappa shape index (κ1) is 23.5. The second kappa shape index (κ2) is 12.0. The lowest BCUT2D eigenvalue weighted by Crippen LogP contribution is -2.44. The number of aryl methyl sites for hydroxylation is 1. The van der Waals surface area contributed by atoms with Crippen molar-refractivity contribution in [1.29, 1.82) is 0 Å². The van der Waals surface area contributed by atoms with Gasteiger partial charge in [-0.2, -0.15) is 0 Å². The SMILES string of the molecule is CCNC(=NCCCCn1ccccc1=O)NC1CCN(c2cc(OC)cc(OC)c2)C1. The molecule has 2 aromatic rings. The Balaban J connectivity index is 1.50. The van der Waals surface area contributed by atoms with Crippen molar-refractivity contribution in [3.05, 3.63) is 52.9 Å². The molecule has 0 bridgehead atoms. The van der Waals surface area contributed by atoms with Crippen LogP contribution in [0.3, 0.4) is 0 Å². The van der Waals surface area contributed by atoms with Gasteiger partial charge in [0.2, 0.25) is 5.56 Å². The molecule has 1 aromatic carbocycles. The third-order valence-electron chi connectivity index (χ3n) is 5.55. The first-order valence-corrected chi connectivity index (χ1v) is 11.3. The number of unbranched alkanes of at least 4 members (excludes halogenated alkanes) is 1. The van der Waals surface area contributed by atoms with Crippen molar-refractivity contribution in [2.75, 3.05) is 45.3 Å². The van der Waals surface area contributed by atoms with Crippen molar-refractivity contribution in [1.82, 2.24) is 15.2 Å². The molecule has 1 aromatic heterocycles. The van der Waals surface area contributed by atoms with Gasteiger partial charge in [0.25, 0.3) is 0 Å². The molecule has 0 aliphatic carbocycles. The van der Waals surface area contributed by atoms with Crippen LogP contribution in [0.4, 0.5) is 5.69 Å². The maximum atomic E-state index is 11.8. The molecule has 2 heterocycles. The molecule has 1 fully saturated rings. The summed E-state index contributed by atoms with van der Waals surface area (Å²) in [5.41, 5.74) is 1.15. The van der Waals surface area contributed by atoms with Crippen LogP contribution in [0.1, 0.15) is 26.2 Å². The number of guanidine groups is 1. The smallest absolute Gasteiger partial charge is 0.250 e. The molecule has 174 valence electrons. The number of methoxy groups -OCH3 is 2. The number of rotatable bonds is 10. The molecule has 0 radical (unpaired) electrons. The van der Waals surface area contributed by atoms with Gasteiger partial charge in [-0.3, -0.25) is 9.79 Å². The number of anilines is 1. The Morgan fingerprint density at radius 2 is 1.94 bits per heavy atom. The molecule has 0 amide bonds. The minimum absolute atomic E-state index is 0.0467. The minimum atomic E-state index is 0.0467. The van der Waals surface area contributed by atoms with Crippen LogP contribution >= 0.6 is 0 Å². The average molecular weight is 442 g/mol. The summed E-state index contributed by atoms with van der Waals surface area (Å²) in [6.45, 7) is 6.18. The molecule has 0 spiro atoms. The van der Waals surface area contributed by atoms with Crippen LogP contribution in [0.25, 0.3) is 0 Å². The summed E-state index contributed by atoms with van der Waals surface area (Å²) in [6, 6.07) is 11.5. The van der Waals surface area contributed by atoms with Crippen LogP contribution in [-0.2, 0) is 6.54 Å². The Morgan fingerprint density at radius 3 is 2.62 bits per heavy atom. The molecule has 2 N–H and O–H groups in total. The molecule has 1 saturated heterocycles. The highest BCUT2D eigenvalue weighted by Crippen LogP contribution is 2.30. The molecule has 3 rings (SSSR count). The first-order valence-electron chi connectivity index (χ1n) is 11.3. The van der Waals surface area contributed by atoms with E-state index in [1.165, 1.54) is 0 Å². The van der Waals surface area contributed by atoms with Gasteiger partial charge in [0.1, 0.15) is 11.5 Å². The highest BCUT2D eigenvalue weighted by atomic mass is 16.5. The van der Waals surface area contributed by atoms with Gasteiger partial charge in [-0.05, 0) is 32.3 Å². The van der Waals surface area contributed by atoms with Gasteiger partial charge >= 0.3 is 0 Å². The Morgan fingerprint density at radius 1 is 1.16 bits per heavy atom. The summed E-state index contributed by atoms with van der Waals surface area (Å²) in [5, 5.41) is 6.91. The number of ether oxygens (including phenoxy) is 2. The molecule has 8 heteroatoms. The van der Waals surface area contributed by atoms with Gasteiger partial charge in [0.05, 0.1) is 14.2 Å². The lowest BCUT2D eigenvalue weighted by molar-refractivity contribution is 0.394. The summed E-state index contributed by atoms with van der Waals surface area (Å²) < 4.78 is 12.6. The maximum absolute atomic E-state index is 11.8. The van der Waals surface area contributed by atoms with Crippen LogP contribution in [0, 0.1) is 0 Å². The third-order valence-corrected chi connectivity index (χ3v) is 5.55. The third kappa shape index (κ3) is 6.67. The first-order chi connectivity index (χ1) is 15.6. The fourth-order valence-electron chi connectivity index (χ4n) is 3.83. The predicted molar refractivity (Wildman–Crippen MR) is 129 cm³/mol. The number of aromatic nitrogens is 1. The normalized spacial score (nSPS) is 16.2. The van der Waals surface area contributed by atoms with Crippen LogP contribution in [0.5, 0.6) is 11.5 Å². The zero-order chi connectivity index (χ0) is 22.8. The number of nitrogens with one attached hydrogen (secondary N) is 2. The largest absolute Gasteiger partial charge is 0.497 e. The quantitative estimate of drug-likeness (QED) is 0.335. The standard InChI is InChI=1S/C24H35N5O3/c1-4-25-24(26-11-6-8-13-28-12-7-5-9-23(28)30)27-19-10-14-29(18-19)20-15-21(31-2)17-22(16-20)32-3/h5,7,9,12,15-17,19H,4,6,8,10-11,13-14,18H2,1-3H3,(H2,25,26,27). The number of hydrogen-bond acceptors (Lipinski definition) is 5. The van der Waals surface area contributed by atoms with E-state index < -0.39 is 0 Å². The lowest BCUT2D eigenvalue weighted by atomic mass is 10.2. The van der Waals surface area contributed by atoms with Crippen molar-refractivity contribution < 1.29 is 9.47 Å². The average Bonchev–Trinajstić information content (AvgIpc) is 3.28. The second-order valence-corrected chi connectivity index (χ2v) is 7.85. The summed E-state index contributed by atoms with van der Waals surface area (Å²) in [5.74, 6) is 2.44. The van der Waals surface area contributed by atoms with Gasteiger partial charge in [0, 0.05) is 74.9 Å². The highest BCUT2D eigenvalue weighted by Gasteiger charge is 2.24. The van der Waals surface area contributed by atoms with E-state index in [1.807, 2.05) is 30.5 Å². The van der Waals surface area contributed by atoms with Gasteiger partial charge in [-0.1, -0.05) is 6.07 Å². The van der Waals surface area contributed by atoms with E-state index in [-0.39, 0.29) is 5.56 Å². The molecular weight excluding hydrogens is 406 g/mol. The summed E-state index contributed by atoms with van der Waals surface area (Å²) in [4.78, 5) is 18.8. The van der Waals surface area contributed by atoms with Gasteiger partial charge in [-0.25, -0.2) is 0 Å². The zero-order valence-electron chi connectivity index (χ0n) is 19.3. The molecule has 1 atom stereocenters. The molecule has 1 aliphatic rings. The van der Waals surface area contributed by atoms with Gasteiger partial charge in [0.15, 0.2) is 5.96 Å². The van der Waals surface area contributed by atoms with Crippen LogP contribution in [0.2, 0.25) is 0 Å². The van der Waals surface area contributed by atoms with E-state index in [2.05, 4.69) is 22.5 Å². The Labute approximate surface area is 190 Å². The molecule has 1 unspecified atom stereocenters. The predicted octanol–water partition coefficient (Wildman–Crippen LogP) is 2.48. The van der Waals surface area contributed by atoms with E-state index in [4.69, 9.17) is 14.5 Å². The highest BCUT2D eigenvalue weighted by molar-refractivity contribution is 5.80. The van der Waals surface area contributed by atoms with Crippen molar-refractivity contribution in [3.8, 4) is 11.5 Å². The van der Waals surface area contributed by atoms with E-state index >= 15 is 0 Å². The maximum Gasteiger partial charge on any atom is 0.250 e. The second-order valence-electron chi connectivity index (χ2n) is 7.85. The number of nitrogens with zero attached hydrogens (tertiary/aromatic N) is 3. The number of pyridine rings is 1. The Kier molecular flexibility index (Phi) is 8.83. The summed E-state index contributed by atoms with van der Waals surface area (Å²) in [6.07, 6.45) is 4.71. The van der Waals surface area contributed by atoms with Crippen molar-refractivity contribution in [3.63, 3.8) is 0 Å². The fourth-order valence-corrected chi connectivity index (χ4v) is 3.83. The van der Waals surface area contributed by atoms with Crippen molar-refractivity contribution >= 4 is 11.6 Å². The van der Waals surface area contributed by atoms with Gasteiger partial charge < -0.3 is 29.6 Å². The van der Waals surface area contributed by atoms with Crippen molar-refractivity contribution in [2.45, 2.75) is 38.8 Å². The molecular formula is C24H35N5O3. The Hall–Kier alpha value is -3.16. The van der Waals surface area contributed by atoms with Crippen LogP contribution in [-0.4, -0.2) is 57.0 Å². The van der Waals surface area contributed by atoms with Crippen LogP contribution in [0.15, 0.2) is 52.4 Å². The Bertz CT molecular complexity index is 921. The fraction of sp³-hybridized carbons (Fsp3) is 0.500. The molecule has 1 aliphatic heterocycles. The molecule has 0 saturated carbocycles. The molecule has 8 nitrogen and oxygen atoms in total. The monoisotopic (exact) mass is 441 g/mol. The van der Waals surface area contributed by atoms with E-state index in [0.717, 1.165) is 75.1 Å². The topological polar surface area (TPSA) is 80.1 Å². The van der Waals surface area contributed by atoms with E-state index in [0.29, 0.717) is 6.04 Å². The summed E-state index contributed by atoms with van der Waals surface area (Å²) >= 11 is 0. The zero-order valence-corrected chi connectivity index (χ0v) is 19.3. The number of benzene rings is 1. The number of hydrogen-bond donors (Lipinski definition) is 2. The number of aliphatic imine (C=N–C) groups is 1.